The minimum absolute atomic E-state index is 0.277. The van der Waals surface area contributed by atoms with Crippen molar-refractivity contribution in [2.75, 3.05) is 37.6 Å². The van der Waals surface area contributed by atoms with Crippen molar-refractivity contribution in [3.8, 4) is 11.4 Å². The molecular weight excluding hydrogens is 290 g/mol. The van der Waals surface area contributed by atoms with Crippen molar-refractivity contribution in [3.05, 3.63) is 36.3 Å². The highest BCUT2D eigenvalue weighted by Gasteiger charge is 2.19. The van der Waals surface area contributed by atoms with Crippen LogP contribution in [0.5, 0.6) is 0 Å². The number of β-amino-alcohol motifs (C(OH)–C–C–N with tert-alkyl or cyclic N) is 1. The Labute approximate surface area is 136 Å². The van der Waals surface area contributed by atoms with Crippen molar-refractivity contribution in [1.82, 2.24) is 19.9 Å². The first-order valence-corrected chi connectivity index (χ1v) is 8.03. The Kier molecular flexibility index (Phi) is 4.83. The average molecular weight is 313 g/mol. The predicted molar refractivity (Wildman–Crippen MR) is 90.3 cm³/mol. The zero-order chi connectivity index (χ0) is 16.2. The van der Waals surface area contributed by atoms with E-state index in [4.69, 9.17) is 4.98 Å². The van der Waals surface area contributed by atoms with Gasteiger partial charge in [-0.05, 0) is 26.0 Å². The van der Waals surface area contributed by atoms with E-state index >= 15 is 0 Å². The number of aromatic nitrogens is 3. The summed E-state index contributed by atoms with van der Waals surface area (Å²) in [4.78, 5) is 17.9. The van der Waals surface area contributed by atoms with Gasteiger partial charge in [0.15, 0.2) is 5.82 Å². The number of anilines is 1. The minimum Gasteiger partial charge on any atom is -0.392 e. The molecule has 1 aliphatic heterocycles. The maximum Gasteiger partial charge on any atom is 0.161 e. The lowest BCUT2D eigenvalue weighted by atomic mass is 10.2. The molecule has 0 unspecified atom stereocenters. The Balaban J connectivity index is 1.75. The van der Waals surface area contributed by atoms with Crippen molar-refractivity contribution < 1.29 is 5.11 Å². The molecule has 0 amide bonds. The SMILES string of the molecule is Cc1cc(N2CCN(C[C@@H](C)O)CC2)nc(-c2ccncc2)n1. The number of pyridine rings is 1. The molecule has 6 nitrogen and oxygen atoms in total. The molecule has 0 spiro atoms. The predicted octanol–water partition coefficient (Wildman–Crippen LogP) is 1.35. The summed E-state index contributed by atoms with van der Waals surface area (Å²) >= 11 is 0. The molecule has 122 valence electrons. The van der Waals surface area contributed by atoms with Gasteiger partial charge in [0.2, 0.25) is 0 Å². The molecule has 1 N–H and O–H groups in total. The summed E-state index contributed by atoms with van der Waals surface area (Å²) in [5.74, 6) is 1.72. The van der Waals surface area contributed by atoms with Crippen molar-refractivity contribution in [2.45, 2.75) is 20.0 Å². The first kappa shape index (κ1) is 15.8. The number of nitrogens with zero attached hydrogens (tertiary/aromatic N) is 5. The van der Waals surface area contributed by atoms with E-state index < -0.39 is 0 Å². The zero-order valence-corrected chi connectivity index (χ0v) is 13.7. The lowest BCUT2D eigenvalue weighted by molar-refractivity contribution is 0.122. The molecule has 0 saturated carbocycles. The average Bonchev–Trinajstić information content (AvgIpc) is 2.55. The third kappa shape index (κ3) is 4.03. The second-order valence-corrected chi connectivity index (χ2v) is 6.06. The zero-order valence-electron chi connectivity index (χ0n) is 13.7. The normalized spacial score (nSPS) is 17.3. The van der Waals surface area contributed by atoms with Crippen molar-refractivity contribution >= 4 is 5.82 Å². The molecule has 1 saturated heterocycles. The van der Waals surface area contributed by atoms with Gasteiger partial charge in [-0.1, -0.05) is 0 Å². The van der Waals surface area contributed by atoms with Gasteiger partial charge in [-0.2, -0.15) is 0 Å². The van der Waals surface area contributed by atoms with Crippen LogP contribution >= 0.6 is 0 Å². The monoisotopic (exact) mass is 313 g/mol. The molecule has 2 aromatic heterocycles. The van der Waals surface area contributed by atoms with Crippen LogP contribution in [0.2, 0.25) is 0 Å². The molecule has 2 aromatic rings. The number of piperazine rings is 1. The van der Waals surface area contributed by atoms with E-state index in [0.29, 0.717) is 0 Å². The van der Waals surface area contributed by atoms with Crippen molar-refractivity contribution in [2.24, 2.45) is 0 Å². The Morgan fingerprint density at radius 2 is 1.83 bits per heavy atom. The molecule has 1 fully saturated rings. The Morgan fingerprint density at radius 1 is 1.13 bits per heavy atom. The topological polar surface area (TPSA) is 65.4 Å². The van der Waals surface area contributed by atoms with Crippen LogP contribution in [-0.4, -0.2) is 63.8 Å². The maximum absolute atomic E-state index is 9.51. The van der Waals surface area contributed by atoms with Gasteiger partial charge in [-0.3, -0.25) is 9.88 Å². The van der Waals surface area contributed by atoms with Crippen LogP contribution in [0.1, 0.15) is 12.6 Å². The molecule has 1 atom stereocenters. The summed E-state index contributed by atoms with van der Waals surface area (Å²) in [7, 11) is 0. The fourth-order valence-corrected chi connectivity index (χ4v) is 2.88. The van der Waals surface area contributed by atoms with Gasteiger partial charge in [-0.25, -0.2) is 9.97 Å². The smallest absolute Gasteiger partial charge is 0.161 e. The van der Waals surface area contributed by atoms with Gasteiger partial charge in [-0.15, -0.1) is 0 Å². The van der Waals surface area contributed by atoms with Crippen molar-refractivity contribution in [1.29, 1.82) is 0 Å². The standard InChI is InChI=1S/C17H23N5O/c1-13-11-16(20-17(19-13)15-3-5-18-6-4-15)22-9-7-21(8-10-22)12-14(2)23/h3-6,11,14,23H,7-10,12H2,1-2H3/t14-/m1/s1. The fourth-order valence-electron chi connectivity index (χ4n) is 2.88. The van der Waals surface area contributed by atoms with Crippen LogP contribution in [0, 0.1) is 6.92 Å². The molecule has 3 heterocycles. The van der Waals surface area contributed by atoms with E-state index in [-0.39, 0.29) is 6.10 Å². The summed E-state index contributed by atoms with van der Waals surface area (Å²) in [5.41, 5.74) is 1.95. The quantitative estimate of drug-likeness (QED) is 0.919. The molecule has 3 rings (SSSR count). The van der Waals surface area contributed by atoms with Crippen LogP contribution in [0.25, 0.3) is 11.4 Å². The summed E-state index contributed by atoms with van der Waals surface area (Å²) in [6.07, 6.45) is 3.24. The first-order chi connectivity index (χ1) is 11.1. The maximum atomic E-state index is 9.51. The molecule has 0 bridgehead atoms. The molecule has 23 heavy (non-hydrogen) atoms. The highest BCUT2D eigenvalue weighted by molar-refractivity contribution is 5.57. The third-order valence-corrected chi connectivity index (χ3v) is 4.00. The summed E-state index contributed by atoms with van der Waals surface area (Å²) < 4.78 is 0. The number of aliphatic hydroxyl groups is 1. The van der Waals surface area contributed by atoms with Crippen LogP contribution in [0.3, 0.4) is 0 Å². The van der Waals surface area contributed by atoms with Gasteiger partial charge in [0.1, 0.15) is 5.82 Å². The Bertz CT molecular complexity index is 639. The third-order valence-electron chi connectivity index (χ3n) is 4.00. The summed E-state index contributed by atoms with van der Waals surface area (Å²) in [5, 5.41) is 9.51. The highest BCUT2D eigenvalue weighted by Crippen LogP contribution is 2.20. The lowest BCUT2D eigenvalue weighted by Gasteiger charge is -2.36. The number of hydrogen-bond acceptors (Lipinski definition) is 6. The fraction of sp³-hybridized carbons (Fsp3) is 0.471. The molecular formula is C17H23N5O. The first-order valence-electron chi connectivity index (χ1n) is 8.03. The second-order valence-electron chi connectivity index (χ2n) is 6.06. The van der Waals surface area contributed by atoms with Crippen LogP contribution < -0.4 is 4.90 Å². The van der Waals surface area contributed by atoms with E-state index in [9.17, 15) is 5.11 Å². The molecule has 6 heteroatoms. The summed E-state index contributed by atoms with van der Waals surface area (Å²) in [6.45, 7) is 8.29. The van der Waals surface area contributed by atoms with Gasteiger partial charge in [0.05, 0.1) is 6.10 Å². The molecule has 0 radical (unpaired) electrons. The largest absolute Gasteiger partial charge is 0.392 e. The van der Waals surface area contributed by atoms with E-state index in [1.54, 1.807) is 12.4 Å². The van der Waals surface area contributed by atoms with Crippen LogP contribution in [0.4, 0.5) is 5.82 Å². The second kappa shape index (κ2) is 7.02. The van der Waals surface area contributed by atoms with Gasteiger partial charge in [0, 0.05) is 62.4 Å². The molecule has 0 aromatic carbocycles. The number of aliphatic hydroxyl groups excluding tert-OH is 1. The van der Waals surface area contributed by atoms with Crippen LogP contribution in [-0.2, 0) is 0 Å². The lowest BCUT2D eigenvalue weighted by Crippen LogP contribution is -2.48. The van der Waals surface area contributed by atoms with E-state index in [1.807, 2.05) is 32.0 Å². The van der Waals surface area contributed by atoms with Crippen molar-refractivity contribution in [3.63, 3.8) is 0 Å². The Hall–Kier alpha value is -2.05. The van der Waals surface area contributed by atoms with E-state index in [0.717, 1.165) is 55.6 Å². The van der Waals surface area contributed by atoms with Crippen LogP contribution in [0.15, 0.2) is 30.6 Å². The van der Waals surface area contributed by atoms with E-state index in [2.05, 4.69) is 19.8 Å². The molecule has 1 aliphatic rings. The van der Waals surface area contributed by atoms with Gasteiger partial charge in [0.25, 0.3) is 0 Å². The number of aryl methyl sites for hydroxylation is 1. The van der Waals surface area contributed by atoms with Gasteiger partial charge < -0.3 is 10.0 Å². The van der Waals surface area contributed by atoms with Gasteiger partial charge >= 0.3 is 0 Å². The Morgan fingerprint density at radius 3 is 2.48 bits per heavy atom. The van der Waals surface area contributed by atoms with E-state index in [1.165, 1.54) is 0 Å². The molecule has 0 aliphatic carbocycles. The minimum atomic E-state index is -0.277. The number of rotatable bonds is 4. The number of hydrogen-bond donors (Lipinski definition) is 1. The highest BCUT2D eigenvalue weighted by atomic mass is 16.3. The summed E-state index contributed by atoms with van der Waals surface area (Å²) in [6, 6.07) is 5.90.